The molecule has 0 saturated carbocycles. The van der Waals surface area contributed by atoms with Gasteiger partial charge in [-0.2, -0.15) is 0 Å². The molecule has 0 unspecified atom stereocenters. The fourth-order valence-corrected chi connectivity index (χ4v) is 3.77. The van der Waals surface area contributed by atoms with Gasteiger partial charge in [0, 0.05) is 31.0 Å². The number of aryl methyl sites for hydroxylation is 1. The molecular weight excluding hydrogens is 502 g/mol. The highest BCUT2D eigenvalue weighted by atomic mass is 35.5. The fraction of sp³-hybridized carbons (Fsp3) is 0.500. The van der Waals surface area contributed by atoms with Gasteiger partial charge in [-0.3, -0.25) is 23.9 Å². The zero-order chi connectivity index (χ0) is 26.9. The largest absolute Gasteiger partial charge is 0.493 e. The molecule has 37 heavy (non-hydrogen) atoms. The summed E-state index contributed by atoms with van der Waals surface area (Å²) in [5.41, 5.74) is 0.843. The lowest BCUT2D eigenvalue weighted by molar-refractivity contribution is -0.132. The van der Waals surface area contributed by atoms with Gasteiger partial charge >= 0.3 is 0 Å². The van der Waals surface area contributed by atoms with Crippen LogP contribution in [-0.2, 0) is 27.5 Å². The van der Waals surface area contributed by atoms with Gasteiger partial charge < -0.3 is 26.0 Å². The Bertz CT molecular complexity index is 1140. The molecule has 1 aliphatic rings. The zero-order valence-corrected chi connectivity index (χ0v) is 21.8. The maximum atomic E-state index is 12.8. The van der Waals surface area contributed by atoms with E-state index in [9.17, 15) is 19.2 Å². The molecule has 0 radical (unpaired) electrons. The van der Waals surface area contributed by atoms with Crippen molar-refractivity contribution in [2.24, 2.45) is 5.92 Å². The number of carbonyl (C=O) groups excluding carboxylic acids is 4. The second-order valence-electron chi connectivity index (χ2n) is 9.06. The number of fused-ring (bicyclic) bond motifs is 3. The number of benzene rings is 1. The van der Waals surface area contributed by atoms with Crippen molar-refractivity contribution in [3.8, 4) is 5.75 Å². The number of halogens is 1. The summed E-state index contributed by atoms with van der Waals surface area (Å²) >= 11 is 6.09. The van der Waals surface area contributed by atoms with E-state index in [1.165, 1.54) is 0 Å². The predicted molar refractivity (Wildman–Crippen MR) is 135 cm³/mol. The van der Waals surface area contributed by atoms with Gasteiger partial charge in [-0.15, -0.1) is 5.10 Å². The van der Waals surface area contributed by atoms with Crippen molar-refractivity contribution in [2.75, 3.05) is 13.2 Å². The van der Waals surface area contributed by atoms with Crippen molar-refractivity contribution in [2.45, 2.75) is 58.8 Å². The standard InChI is InChI=1S/C24H32ClN7O5/c1-14(2)21-24(36)28-15(3)22(34)27-12-17-13-32(31-30-17)9-4-10-37-19-11-16(25)5-6-18(19)23(35)26-8-7-20(33)29-21/h5-6,11,13-15,21H,4,7-10,12H2,1-3H3,(H,26,35)(H,27,34)(H,28,36)(H,29,33)/t15-,21+/m1/s1. The monoisotopic (exact) mass is 533 g/mol. The minimum Gasteiger partial charge on any atom is -0.493 e. The van der Waals surface area contributed by atoms with Gasteiger partial charge in [-0.25, -0.2) is 0 Å². The van der Waals surface area contributed by atoms with Crippen molar-refractivity contribution in [1.29, 1.82) is 0 Å². The molecule has 0 fully saturated rings. The zero-order valence-electron chi connectivity index (χ0n) is 21.0. The summed E-state index contributed by atoms with van der Waals surface area (Å²) in [6.07, 6.45) is 2.24. The molecule has 13 heteroatoms. The molecule has 2 heterocycles. The number of hydrogen-bond donors (Lipinski definition) is 4. The summed E-state index contributed by atoms with van der Waals surface area (Å²) in [5.74, 6) is -1.62. The third-order valence-corrected chi connectivity index (χ3v) is 5.90. The maximum absolute atomic E-state index is 12.8. The van der Waals surface area contributed by atoms with E-state index in [0.717, 1.165) is 0 Å². The van der Waals surface area contributed by atoms with Crippen LogP contribution >= 0.6 is 11.6 Å². The Hall–Kier alpha value is -3.67. The minimum absolute atomic E-state index is 0.0417. The van der Waals surface area contributed by atoms with Crippen LogP contribution in [0.1, 0.15) is 49.7 Å². The van der Waals surface area contributed by atoms with Gasteiger partial charge in [0.05, 0.1) is 24.9 Å². The summed E-state index contributed by atoms with van der Waals surface area (Å²) in [5, 5.41) is 19.3. The lowest BCUT2D eigenvalue weighted by Crippen LogP contribution is -2.54. The van der Waals surface area contributed by atoms with E-state index in [1.54, 1.807) is 49.8 Å². The van der Waals surface area contributed by atoms with Crippen LogP contribution in [0.25, 0.3) is 0 Å². The van der Waals surface area contributed by atoms with Crippen LogP contribution in [0.5, 0.6) is 5.75 Å². The lowest BCUT2D eigenvalue weighted by atomic mass is 10.0. The SMILES string of the molecule is CC(C)[C@@H]1NC(=O)CCNC(=O)c2ccc(Cl)cc2OCCCn2cc(nn2)CNC(=O)[C@@H](C)NC1=O. The third kappa shape index (κ3) is 8.17. The average molecular weight is 534 g/mol. The number of carbonyl (C=O) groups is 4. The first-order valence-corrected chi connectivity index (χ1v) is 12.5. The highest BCUT2D eigenvalue weighted by Crippen LogP contribution is 2.23. The van der Waals surface area contributed by atoms with E-state index >= 15 is 0 Å². The Labute approximate surface area is 219 Å². The molecule has 1 aliphatic heterocycles. The van der Waals surface area contributed by atoms with Gasteiger partial charge in [0.2, 0.25) is 17.7 Å². The van der Waals surface area contributed by atoms with E-state index < -0.39 is 35.7 Å². The van der Waals surface area contributed by atoms with Gasteiger partial charge in [0.1, 0.15) is 23.5 Å². The van der Waals surface area contributed by atoms with Crippen LogP contribution in [0, 0.1) is 5.92 Å². The Balaban J connectivity index is 1.76. The van der Waals surface area contributed by atoms with Crippen molar-refractivity contribution >= 4 is 35.2 Å². The topological polar surface area (TPSA) is 156 Å². The van der Waals surface area contributed by atoms with Crippen LogP contribution in [-0.4, -0.2) is 63.9 Å². The van der Waals surface area contributed by atoms with Crippen molar-refractivity contribution < 1.29 is 23.9 Å². The molecule has 0 aliphatic carbocycles. The number of amides is 4. The fourth-order valence-electron chi connectivity index (χ4n) is 3.61. The second-order valence-corrected chi connectivity index (χ2v) is 9.50. The van der Waals surface area contributed by atoms with Gasteiger partial charge in [-0.05, 0) is 31.0 Å². The summed E-state index contributed by atoms with van der Waals surface area (Å²) < 4.78 is 7.44. The molecule has 1 aromatic heterocycles. The average Bonchev–Trinajstić information content (AvgIpc) is 3.30. The number of aromatic nitrogens is 3. The Morgan fingerprint density at radius 1 is 1.11 bits per heavy atom. The number of hydrogen-bond acceptors (Lipinski definition) is 7. The summed E-state index contributed by atoms with van der Waals surface area (Å²) in [7, 11) is 0. The minimum atomic E-state index is -0.854. The molecule has 4 N–H and O–H groups in total. The Morgan fingerprint density at radius 2 is 1.89 bits per heavy atom. The van der Waals surface area contributed by atoms with Crippen LogP contribution in [0.4, 0.5) is 0 Å². The number of rotatable bonds is 1. The van der Waals surface area contributed by atoms with E-state index in [1.807, 2.05) is 0 Å². The van der Waals surface area contributed by atoms with Crippen molar-refractivity contribution in [1.82, 2.24) is 36.3 Å². The Morgan fingerprint density at radius 3 is 2.65 bits per heavy atom. The molecule has 2 atom stereocenters. The molecule has 2 aromatic rings. The van der Waals surface area contributed by atoms with E-state index in [4.69, 9.17) is 16.3 Å². The van der Waals surface area contributed by atoms with Gasteiger partial charge in [0.25, 0.3) is 5.91 Å². The quantitative estimate of drug-likeness (QED) is 0.422. The highest BCUT2D eigenvalue weighted by molar-refractivity contribution is 6.30. The summed E-state index contributed by atoms with van der Waals surface area (Å²) in [4.78, 5) is 50.6. The van der Waals surface area contributed by atoms with E-state index in [-0.39, 0.29) is 25.4 Å². The second kappa shape index (κ2) is 13.0. The highest BCUT2D eigenvalue weighted by Gasteiger charge is 2.27. The molecule has 200 valence electrons. The number of nitrogens with zero attached hydrogens (tertiary/aromatic N) is 3. The molecule has 2 bridgehead atoms. The predicted octanol–water partition coefficient (Wildman–Crippen LogP) is 0.796. The molecule has 0 spiro atoms. The van der Waals surface area contributed by atoms with Crippen LogP contribution in [0.2, 0.25) is 5.02 Å². The molecule has 3 rings (SSSR count). The molecule has 12 nitrogen and oxygen atoms in total. The van der Waals surface area contributed by atoms with Gasteiger partial charge in [-0.1, -0.05) is 30.7 Å². The summed E-state index contributed by atoms with van der Waals surface area (Å²) in [6, 6.07) is 3.02. The van der Waals surface area contributed by atoms with Crippen molar-refractivity contribution in [3.05, 3.63) is 40.7 Å². The normalized spacial score (nSPS) is 20.8. The first kappa shape index (κ1) is 27.9. The van der Waals surface area contributed by atoms with Crippen LogP contribution < -0.4 is 26.0 Å². The van der Waals surface area contributed by atoms with E-state index in [2.05, 4.69) is 31.6 Å². The Kier molecular flexibility index (Phi) is 9.84. The van der Waals surface area contributed by atoms with Gasteiger partial charge in [0.15, 0.2) is 0 Å². The lowest BCUT2D eigenvalue weighted by Gasteiger charge is -2.24. The number of ether oxygens (including phenoxy) is 1. The van der Waals surface area contributed by atoms with E-state index in [0.29, 0.717) is 41.6 Å². The van der Waals surface area contributed by atoms with Crippen molar-refractivity contribution in [3.63, 3.8) is 0 Å². The molecule has 1 aromatic carbocycles. The van der Waals surface area contributed by atoms with Crippen LogP contribution in [0.3, 0.4) is 0 Å². The maximum Gasteiger partial charge on any atom is 0.255 e. The molecule has 0 saturated heterocycles. The number of nitrogens with one attached hydrogen (secondary N) is 4. The third-order valence-electron chi connectivity index (χ3n) is 5.66. The molecule has 4 amide bonds. The first-order chi connectivity index (χ1) is 17.6. The smallest absolute Gasteiger partial charge is 0.255 e. The molecular formula is C24H32ClN7O5. The summed E-state index contributed by atoms with van der Waals surface area (Å²) in [6.45, 7) is 6.11. The first-order valence-electron chi connectivity index (χ1n) is 12.1. The van der Waals surface area contributed by atoms with Crippen LogP contribution in [0.15, 0.2) is 24.4 Å².